The van der Waals surface area contributed by atoms with Crippen molar-refractivity contribution in [3.05, 3.63) is 0 Å². The second-order valence-electron chi connectivity index (χ2n) is 10.1. The van der Waals surface area contributed by atoms with Gasteiger partial charge in [0.15, 0.2) is 5.79 Å². The van der Waals surface area contributed by atoms with E-state index < -0.39 is 5.79 Å². The van der Waals surface area contributed by atoms with E-state index in [0.29, 0.717) is 5.92 Å². The molecule has 3 fully saturated rings. The van der Waals surface area contributed by atoms with Crippen LogP contribution in [0.15, 0.2) is 0 Å². The van der Waals surface area contributed by atoms with E-state index in [9.17, 15) is 0 Å². The molecule has 2 heterocycles. The van der Waals surface area contributed by atoms with Gasteiger partial charge in [-0.15, -0.1) is 0 Å². The van der Waals surface area contributed by atoms with Gasteiger partial charge in [0.2, 0.25) is 0 Å². The highest BCUT2D eigenvalue weighted by Gasteiger charge is 2.54. The van der Waals surface area contributed by atoms with Gasteiger partial charge < -0.3 is 10.1 Å². The molecule has 1 aliphatic carbocycles. The summed E-state index contributed by atoms with van der Waals surface area (Å²) in [6.07, 6.45) is 15.4. The van der Waals surface area contributed by atoms with Crippen molar-refractivity contribution in [3.63, 3.8) is 0 Å². The first-order valence-electron chi connectivity index (χ1n) is 10.7. The van der Waals surface area contributed by atoms with Gasteiger partial charge >= 0.3 is 0 Å². The van der Waals surface area contributed by atoms with Crippen LogP contribution in [0.2, 0.25) is 0 Å². The van der Waals surface area contributed by atoms with Gasteiger partial charge in [-0.05, 0) is 40.5 Å². The van der Waals surface area contributed by atoms with Gasteiger partial charge in [-0.3, -0.25) is 4.84 Å². The van der Waals surface area contributed by atoms with Crippen LogP contribution in [0.25, 0.3) is 0 Å². The number of hydroxylamine groups is 1. The molecule has 1 saturated carbocycles. The number of hydrogen-bond donors (Lipinski definition) is 2. The fourth-order valence-corrected chi connectivity index (χ4v) is 5.53. The van der Waals surface area contributed by atoms with Crippen LogP contribution in [-0.2, 0) is 9.57 Å². The van der Waals surface area contributed by atoms with Crippen molar-refractivity contribution in [1.29, 1.82) is 0 Å². The van der Waals surface area contributed by atoms with Crippen molar-refractivity contribution in [2.24, 2.45) is 5.92 Å². The molecule has 3 aliphatic rings. The number of hydrogen-bond acceptors (Lipinski definition) is 4. The Labute approximate surface area is 154 Å². The van der Waals surface area contributed by atoms with Crippen molar-refractivity contribution in [3.8, 4) is 0 Å². The van der Waals surface area contributed by atoms with Gasteiger partial charge in [0.1, 0.15) is 6.23 Å². The van der Waals surface area contributed by atoms with Crippen molar-refractivity contribution in [2.75, 3.05) is 0 Å². The number of rotatable bonds is 1. The Balaban J connectivity index is 1.63. The molecule has 0 aromatic carbocycles. The highest BCUT2D eigenvalue weighted by atomic mass is 16.9. The SMILES string of the molecule is CC1(C)CC2(CC(C)(C)N1)ONC(C1CCCCCCCCCC1)O2. The minimum atomic E-state index is -0.477. The molecule has 0 bridgehead atoms. The molecule has 0 aromatic rings. The van der Waals surface area contributed by atoms with E-state index >= 15 is 0 Å². The second kappa shape index (κ2) is 7.84. The number of nitrogens with one attached hydrogen (secondary N) is 2. The fraction of sp³-hybridized carbons (Fsp3) is 1.00. The zero-order valence-electron chi connectivity index (χ0n) is 17.0. The summed E-state index contributed by atoms with van der Waals surface area (Å²) in [5.41, 5.74) is 3.35. The van der Waals surface area contributed by atoms with Crippen LogP contribution < -0.4 is 10.8 Å². The van der Waals surface area contributed by atoms with Crippen molar-refractivity contribution in [1.82, 2.24) is 10.8 Å². The van der Waals surface area contributed by atoms with E-state index in [1.54, 1.807) is 0 Å². The van der Waals surface area contributed by atoms with Gasteiger partial charge in [0, 0.05) is 29.8 Å². The van der Waals surface area contributed by atoms with E-state index in [2.05, 4.69) is 38.5 Å². The summed E-state index contributed by atoms with van der Waals surface area (Å²) in [5, 5.41) is 3.73. The van der Waals surface area contributed by atoms with E-state index in [0.717, 1.165) is 12.8 Å². The standard InChI is InChI=1S/C21H40N2O2/c1-19(2)15-21(16-20(3,4)23-19)24-18(22-25-21)17-13-11-9-7-5-6-8-10-12-14-17/h17-18,22-23H,5-16H2,1-4H3. The minimum absolute atomic E-state index is 0.0204. The first kappa shape index (κ1) is 19.6. The molecule has 146 valence electrons. The average Bonchev–Trinajstić information content (AvgIpc) is 2.82. The summed E-state index contributed by atoms with van der Waals surface area (Å²) >= 11 is 0. The summed E-state index contributed by atoms with van der Waals surface area (Å²) in [7, 11) is 0. The Bertz CT molecular complexity index is 408. The third-order valence-electron chi connectivity index (χ3n) is 6.13. The summed E-state index contributed by atoms with van der Waals surface area (Å²) in [6.45, 7) is 9.01. The highest BCUT2D eigenvalue weighted by molar-refractivity contribution is 5.02. The van der Waals surface area contributed by atoms with E-state index in [4.69, 9.17) is 9.57 Å². The van der Waals surface area contributed by atoms with Gasteiger partial charge in [0.05, 0.1) is 0 Å². The predicted molar refractivity (Wildman–Crippen MR) is 102 cm³/mol. The molecule has 0 radical (unpaired) electrons. The second-order valence-corrected chi connectivity index (χ2v) is 10.1. The van der Waals surface area contributed by atoms with Gasteiger partial charge in [-0.1, -0.05) is 51.4 Å². The predicted octanol–water partition coefficient (Wildman–Crippen LogP) is 5.03. The Hall–Kier alpha value is -0.160. The maximum absolute atomic E-state index is 6.63. The molecular formula is C21H40N2O2. The van der Waals surface area contributed by atoms with Crippen LogP contribution in [0, 0.1) is 5.92 Å². The maximum atomic E-state index is 6.63. The molecule has 4 nitrogen and oxygen atoms in total. The van der Waals surface area contributed by atoms with Gasteiger partial charge in [0.25, 0.3) is 0 Å². The highest BCUT2D eigenvalue weighted by Crippen LogP contribution is 2.43. The van der Waals surface area contributed by atoms with Crippen molar-refractivity contribution < 1.29 is 9.57 Å². The molecule has 4 heteroatoms. The Kier molecular flexibility index (Phi) is 6.14. The minimum Gasteiger partial charge on any atom is -0.328 e. The number of piperidine rings is 1. The van der Waals surface area contributed by atoms with Crippen LogP contribution in [0.4, 0.5) is 0 Å². The van der Waals surface area contributed by atoms with Crippen LogP contribution in [-0.4, -0.2) is 23.1 Å². The van der Waals surface area contributed by atoms with E-state index in [-0.39, 0.29) is 17.3 Å². The lowest BCUT2D eigenvalue weighted by Crippen LogP contribution is -2.64. The van der Waals surface area contributed by atoms with Gasteiger partial charge in [-0.2, -0.15) is 5.48 Å². The lowest BCUT2D eigenvalue weighted by atomic mass is 9.78. The first-order valence-corrected chi connectivity index (χ1v) is 10.7. The molecule has 0 amide bonds. The van der Waals surface area contributed by atoms with Crippen LogP contribution in [0.3, 0.4) is 0 Å². The van der Waals surface area contributed by atoms with Crippen molar-refractivity contribution in [2.45, 2.75) is 128 Å². The smallest absolute Gasteiger partial charge is 0.193 e. The Morgan fingerprint density at radius 1 is 0.720 bits per heavy atom. The Morgan fingerprint density at radius 2 is 1.20 bits per heavy atom. The fourth-order valence-electron chi connectivity index (χ4n) is 5.53. The lowest BCUT2D eigenvalue weighted by Gasteiger charge is -2.49. The Morgan fingerprint density at radius 3 is 1.72 bits per heavy atom. The molecule has 3 rings (SSSR count). The molecule has 25 heavy (non-hydrogen) atoms. The summed E-state index contributed by atoms with van der Waals surface area (Å²) in [5.74, 6) is 0.105. The summed E-state index contributed by atoms with van der Waals surface area (Å²) < 4.78 is 6.63. The maximum Gasteiger partial charge on any atom is 0.193 e. The molecule has 0 aromatic heterocycles. The lowest BCUT2D eigenvalue weighted by molar-refractivity contribution is -0.226. The van der Waals surface area contributed by atoms with E-state index in [1.165, 1.54) is 64.2 Å². The first-order chi connectivity index (χ1) is 11.8. The van der Waals surface area contributed by atoms with Crippen LogP contribution >= 0.6 is 0 Å². The monoisotopic (exact) mass is 352 g/mol. The molecule has 1 unspecified atom stereocenters. The molecular weight excluding hydrogens is 312 g/mol. The van der Waals surface area contributed by atoms with Crippen molar-refractivity contribution >= 4 is 0 Å². The van der Waals surface area contributed by atoms with Crippen LogP contribution in [0.1, 0.15) is 105 Å². The molecule has 1 spiro atoms. The average molecular weight is 353 g/mol. The third kappa shape index (κ3) is 5.41. The third-order valence-corrected chi connectivity index (χ3v) is 6.13. The molecule has 2 aliphatic heterocycles. The largest absolute Gasteiger partial charge is 0.328 e. The van der Waals surface area contributed by atoms with Gasteiger partial charge in [-0.25, -0.2) is 0 Å². The van der Waals surface area contributed by atoms with Crippen LogP contribution in [0.5, 0.6) is 0 Å². The summed E-state index contributed by atoms with van der Waals surface area (Å²) in [4.78, 5) is 6.16. The molecule has 2 N–H and O–H groups in total. The molecule has 2 saturated heterocycles. The number of ether oxygens (including phenoxy) is 1. The quantitative estimate of drug-likeness (QED) is 0.694. The topological polar surface area (TPSA) is 42.5 Å². The zero-order valence-corrected chi connectivity index (χ0v) is 17.0. The normalized spacial score (nSPS) is 33.8. The zero-order chi connectivity index (χ0) is 18.0. The summed E-state index contributed by atoms with van der Waals surface area (Å²) in [6, 6.07) is 0. The van der Waals surface area contributed by atoms with E-state index in [1.807, 2.05) is 0 Å². The molecule has 1 atom stereocenters.